The zero-order chi connectivity index (χ0) is 19.9. The number of nitrogens with one attached hydrogen (secondary N) is 1. The van der Waals surface area contributed by atoms with Gasteiger partial charge in [0.05, 0.1) is 24.0 Å². The van der Waals surface area contributed by atoms with Gasteiger partial charge in [0.25, 0.3) is 0 Å². The summed E-state index contributed by atoms with van der Waals surface area (Å²) in [6.07, 6.45) is 4.31. The zero-order valence-corrected chi connectivity index (χ0v) is 17.7. The van der Waals surface area contributed by atoms with E-state index in [4.69, 9.17) is 4.74 Å². The molecule has 1 atom stereocenters. The fraction of sp³-hybridized carbons (Fsp3) is 0.667. The first-order valence-electron chi connectivity index (χ1n) is 10.2. The second-order valence-electron chi connectivity index (χ2n) is 8.00. The molecule has 2 heterocycles. The normalized spacial score (nSPS) is 19.9. The molecule has 1 saturated heterocycles. The van der Waals surface area contributed by atoms with Crippen LogP contribution >= 0.6 is 11.8 Å². The van der Waals surface area contributed by atoms with E-state index < -0.39 is 0 Å². The second kappa shape index (κ2) is 10.2. The van der Waals surface area contributed by atoms with Gasteiger partial charge in [-0.1, -0.05) is 25.6 Å². The predicted molar refractivity (Wildman–Crippen MR) is 110 cm³/mol. The first-order chi connectivity index (χ1) is 13.5. The fourth-order valence-corrected chi connectivity index (χ4v) is 4.61. The van der Waals surface area contributed by atoms with Crippen LogP contribution in [0.25, 0.3) is 0 Å². The fourth-order valence-electron chi connectivity index (χ4n) is 3.80. The van der Waals surface area contributed by atoms with Gasteiger partial charge in [-0.05, 0) is 43.2 Å². The third-order valence-corrected chi connectivity index (χ3v) is 6.09. The number of nitrogens with zero attached hydrogens (tertiary/aromatic N) is 3. The lowest BCUT2D eigenvalue weighted by Crippen LogP contribution is -2.48. The highest BCUT2D eigenvalue weighted by Crippen LogP contribution is 2.27. The van der Waals surface area contributed by atoms with Crippen LogP contribution in [-0.2, 0) is 22.4 Å². The molecule has 1 fully saturated rings. The summed E-state index contributed by atoms with van der Waals surface area (Å²) in [5.74, 6) is 0.851. The van der Waals surface area contributed by atoms with Gasteiger partial charge in [-0.2, -0.15) is 5.26 Å². The second-order valence-corrected chi connectivity index (χ2v) is 8.97. The molecule has 0 spiro atoms. The van der Waals surface area contributed by atoms with Crippen molar-refractivity contribution in [2.75, 3.05) is 38.5 Å². The Hall–Kier alpha value is -1.62. The molecule has 1 aromatic rings. The summed E-state index contributed by atoms with van der Waals surface area (Å²) in [4.78, 5) is 19.4. The van der Waals surface area contributed by atoms with Crippen LogP contribution in [0.3, 0.4) is 0 Å². The van der Waals surface area contributed by atoms with E-state index in [-0.39, 0.29) is 17.8 Å². The number of aromatic nitrogens is 1. The van der Waals surface area contributed by atoms with Gasteiger partial charge < -0.3 is 10.1 Å². The minimum Gasteiger partial charge on any atom is -0.374 e. The standard InChI is InChI=1S/C21H30N4O2S/c1-15(2)12-25-7-8-27-18(13-25)11-23-20(26)14-28-21-17(10-22)9-16-5-3-4-6-19(16)24-21/h9,15,18H,3-8,11-14H2,1-2H3,(H,23,26). The van der Waals surface area contributed by atoms with Crippen molar-refractivity contribution >= 4 is 17.7 Å². The summed E-state index contributed by atoms with van der Waals surface area (Å²) < 4.78 is 5.78. The van der Waals surface area contributed by atoms with Crippen molar-refractivity contribution in [2.24, 2.45) is 5.92 Å². The van der Waals surface area contributed by atoms with Gasteiger partial charge in [-0.15, -0.1) is 0 Å². The molecule has 3 rings (SSSR count). The molecule has 1 unspecified atom stereocenters. The average Bonchev–Trinajstić information content (AvgIpc) is 2.69. The summed E-state index contributed by atoms with van der Waals surface area (Å²) in [7, 11) is 0. The third-order valence-electron chi connectivity index (χ3n) is 5.10. The Labute approximate surface area is 172 Å². The van der Waals surface area contributed by atoms with Crippen LogP contribution < -0.4 is 5.32 Å². The van der Waals surface area contributed by atoms with Crippen LogP contribution in [0, 0.1) is 17.2 Å². The molecular weight excluding hydrogens is 372 g/mol. The number of ether oxygens (including phenoxy) is 1. The molecule has 2 aliphatic rings. The maximum atomic E-state index is 12.3. The number of aryl methyl sites for hydroxylation is 2. The lowest BCUT2D eigenvalue weighted by atomic mass is 9.95. The highest BCUT2D eigenvalue weighted by molar-refractivity contribution is 8.00. The van der Waals surface area contributed by atoms with Crippen molar-refractivity contribution in [1.29, 1.82) is 5.26 Å². The minimum absolute atomic E-state index is 0.0398. The molecule has 1 aliphatic heterocycles. The summed E-state index contributed by atoms with van der Waals surface area (Å²) in [5, 5.41) is 13.1. The number of fused-ring (bicyclic) bond motifs is 1. The van der Waals surface area contributed by atoms with Crippen molar-refractivity contribution < 1.29 is 9.53 Å². The van der Waals surface area contributed by atoms with E-state index in [1.54, 1.807) is 0 Å². The molecule has 28 heavy (non-hydrogen) atoms. The average molecular weight is 403 g/mol. The monoisotopic (exact) mass is 402 g/mol. The maximum Gasteiger partial charge on any atom is 0.230 e. The first kappa shape index (κ1) is 21.1. The quantitative estimate of drug-likeness (QED) is 0.706. The Kier molecular flexibility index (Phi) is 7.72. The molecule has 0 radical (unpaired) electrons. The molecule has 1 aliphatic carbocycles. The number of carbonyl (C=O) groups excluding carboxylic acids is 1. The molecule has 1 aromatic heterocycles. The van der Waals surface area contributed by atoms with Gasteiger partial charge in [0.1, 0.15) is 11.1 Å². The lowest BCUT2D eigenvalue weighted by Gasteiger charge is -2.33. The van der Waals surface area contributed by atoms with Crippen LogP contribution in [0.5, 0.6) is 0 Å². The number of nitriles is 1. The summed E-state index contributed by atoms with van der Waals surface area (Å²) >= 11 is 1.35. The van der Waals surface area contributed by atoms with E-state index in [1.807, 2.05) is 6.07 Å². The summed E-state index contributed by atoms with van der Waals surface area (Å²) in [6, 6.07) is 4.19. The topological polar surface area (TPSA) is 78.2 Å². The van der Waals surface area contributed by atoms with Crippen molar-refractivity contribution in [1.82, 2.24) is 15.2 Å². The van der Waals surface area contributed by atoms with Gasteiger partial charge >= 0.3 is 0 Å². The smallest absolute Gasteiger partial charge is 0.230 e. The SMILES string of the molecule is CC(C)CN1CCOC(CNC(=O)CSc2nc3c(cc2C#N)CCCC3)C1. The van der Waals surface area contributed by atoms with E-state index in [2.05, 4.69) is 35.1 Å². The molecule has 1 N–H and O–H groups in total. The summed E-state index contributed by atoms with van der Waals surface area (Å²) in [6.45, 7) is 8.55. The Bertz CT molecular complexity index is 732. The van der Waals surface area contributed by atoms with E-state index >= 15 is 0 Å². The molecule has 6 nitrogen and oxygen atoms in total. The van der Waals surface area contributed by atoms with Crippen LogP contribution in [0.4, 0.5) is 0 Å². The number of hydrogen-bond acceptors (Lipinski definition) is 6. The van der Waals surface area contributed by atoms with Crippen molar-refractivity contribution in [3.63, 3.8) is 0 Å². The van der Waals surface area contributed by atoms with Gasteiger partial charge in [0.2, 0.25) is 5.91 Å². The third kappa shape index (κ3) is 5.94. The maximum absolute atomic E-state index is 12.3. The highest BCUT2D eigenvalue weighted by atomic mass is 32.2. The Morgan fingerprint density at radius 1 is 1.46 bits per heavy atom. The van der Waals surface area contributed by atoms with Crippen LogP contribution in [0.15, 0.2) is 11.1 Å². The molecule has 7 heteroatoms. The van der Waals surface area contributed by atoms with Crippen LogP contribution in [0.1, 0.15) is 43.5 Å². The van der Waals surface area contributed by atoms with Gasteiger partial charge in [0.15, 0.2) is 0 Å². The molecule has 0 aromatic carbocycles. The molecule has 0 bridgehead atoms. The number of thioether (sulfide) groups is 1. The summed E-state index contributed by atoms with van der Waals surface area (Å²) in [5.41, 5.74) is 2.87. The van der Waals surface area contributed by atoms with Crippen molar-refractivity contribution in [3.05, 3.63) is 22.9 Å². The lowest BCUT2D eigenvalue weighted by molar-refractivity contribution is -0.119. The van der Waals surface area contributed by atoms with E-state index in [9.17, 15) is 10.1 Å². The van der Waals surface area contributed by atoms with Crippen molar-refractivity contribution in [3.8, 4) is 6.07 Å². The number of hydrogen-bond donors (Lipinski definition) is 1. The zero-order valence-electron chi connectivity index (χ0n) is 16.9. The van der Waals surface area contributed by atoms with Gasteiger partial charge in [0, 0.05) is 31.9 Å². The Morgan fingerprint density at radius 3 is 3.07 bits per heavy atom. The van der Waals surface area contributed by atoms with E-state index in [1.165, 1.54) is 17.3 Å². The molecule has 0 saturated carbocycles. The Balaban J connectivity index is 1.47. The number of rotatable bonds is 7. The van der Waals surface area contributed by atoms with E-state index in [0.29, 0.717) is 29.7 Å². The number of pyridine rings is 1. The van der Waals surface area contributed by atoms with Gasteiger partial charge in [-0.25, -0.2) is 4.98 Å². The van der Waals surface area contributed by atoms with Crippen molar-refractivity contribution in [2.45, 2.75) is 50.7 Å². The highest BCUT2D eigenvalue weighted by Gasteiger charge is 2.22. The molecular formula is C21H30N4O2S. The minimum atomic E-state index is -0.0435. The predicted octanol–water partition coefficient (Wildman–Crippen LogP) is 2.40. The first-order valence-corrected chi connectivity index (χ1v) is 11.2. The van der Waals surface area contributed by atoms with Crippen LogP contribution in [0.2, 0.25) is 0 Å². The van der Waals surface area contributed by atoms with Crippen LogP contribution in [-0.4, -0.2) is 60.4 Å². The number of morpholine rings is 1. The van der Waals surface area contributed by atoms with E-state index in [0.717, 1.165) is 51.0 Å². The molecule has 152 valence electrons. The number of carbonyl (C=O) groups is 1. The largest absolute Gasteiger partial charge is 0.374 e. The molecule has 1 amide bonds. The number of amides is 1. The van der Waals surface area contributed by atoms with Gasteiger partial charge in [-0.3, -0.25) is 9.69 Å². The Morgan fingerprint density at radius 2 is 2.29 bits per heavy atom.